The number of hydrogen-bond acceptors (Lipinski definition) is 1. The molecule has 0 saturated carbocycles. The molecule has 1 atom stereocenters. The van der Waals surface area contributed by atoms with Crippen molar-refractivity contribution in [1.82, 2.24) is 9.67 Å². The quantitative estimate of drug-likeness (QED) is 0.671. The van der Waals surface area contributed by atoms with Gasteiger partial charge in [0.2, 0.25) is 0 Å². The summed E-state index contributed by atoms with van der Waals surface area (Å²) < 4.78 is 77.5. The lowest BCUT2D eigenvalue weighted by atomic mass is 9.61. The van der Waals surface area contributed by atoms with Gasteiger partial charge in [0.1, 0.15) is 7.05 Å². The van der Waals surface area contributed by atoms with Crippen molar-refractivity contribution in [3.8, 4) is 5.69 Å². The molecule has 0 fully saturated rings. The molecule has 0 N–H and O–H groups in total. The van der Waals surface area contributed by atoms with Crippen LogP contribution in [0.4, 0.5) is 0 Å². The summed E-state index contributed by atoms with van der Waals surface area (Å²) >= 11 is 0. The maximum Gasteiger partial charge on any atom is 0.307 e. The van der Waals surface area contributed by atoms with Crippen LogP contribution in [0.2, 0.25) is 0 Å². The van der Waals surface area contributed by atoms with Crippen molar-refractivity contribution >= 4 is 0 Å². The molecule has 100 valence electrons. The van der Waals surface area contributed by atoms with Crippen LogP contribution in [0.1, 0.15) is 56.8 Å². The Balaban J connectivity index is 2.71. The van der Waals surface area contributed by atoms with Gasteiger partial charge in [-0.3, -0.25) is 0 Å². The molecule has 3 rings (SSSR count). The summed E-state index contributed by atoms with van der Waals surface area (Å²) in [7, 11) is 1.64. The van der Waals surface area contributed by atoms with Crippen LogP contribution in [-0.2, 0) is 17.9 Å². The molecule has 1 aliphatic heterocycles. The van der Waals surface area contributed by atoms with E-state index < -0.39 is 31.4 Å². The lowest BCUT2D eigenvalue weighted by Crippen LogP contribution is -2.51. The number of para-hydroxylation sites is 1. The Bertz CT molecular complexity index is 922. The molecule has 2 aromatic rings. The molecule has 1 aliphatic rings. The number of hydrogen-bond donors (Lipinski definition) is 0. The zero-order valence-electron chi connectivity index (χ0n) is 20.2. The fourth-order valence-corrected chi connectivity index (χ4v) is 2.68. The standard InChI is InChI=1S/C16H22N3/c1-11-8-7-9-12-13(11)19-14(17-10-18(19)6)16(4,5)15(12,2)3/h7-10H,1-6H3/q+1/i2D3,3D3,4D3. The van der Waals surface area contributed by atoms with Crippen LogP contribution in [-0.4, -0.2) is 9.67 Å². The van der Waals surface area contributed by atoms with Gasteiger partial charge in [0.05, 0.1) is 11.1 Å². The van der Waals surface area contributed by atoms with Gasteiger partial charge >= 0.3 is 6.33 Å². The Labute approximate surface area is 127 Å². The molecule has 3 heteroatoms. The van der Waals surface area contributed by atoms with Crippen LogP contribution < -0.4 is 4.68 Å². The molecule has 1 unspecified atom stereocenters. The molecule has 19 heavy (non-hydrogen) atoms. The normalized spacial score (nSPS) is 32.9. The highest BCUT2D eigenvalue weighted by Crippen LogP contribution is 2.49. The van der Waals surface area contributed by atoms with Crippen LogP contribution >= 0.6 is 0 Å². The summed E-state index contributed by atoms with van der Waals surface area (Å²) in [6.45, 7) is -6.36. The largest absolute Gasteiger partial charge is 0.307 e. The second kappa shape index (κ2) is 3.47. The van der Waals surface area contributed by atoms with E-state index in [9.17, 15) is 0 Å². The Morgan fingerprint density at radius 1 is 1.26 bits per heavy atom. The number of rotatable bonds is 0. The minimum absolute atomic E-state index is 0.0350. The number of fused-ring (bicyclic) bond motifs is 3. The highest BCUT2D eigenvalue weighted by molar-refractivity contribution is 5.55. The van der Waals surface area contributed by atoms with E-state index in [1.54, 1.807) is 26.1 Å². The molecule has 0 radical (unpaired) electrons. The van der Waals surface area contributed by atoms with E-state index >= 15 is 0 Å². The van der Waals surface area contributed by atoms with E-state index in [0.717, 1.165) is 0 Å². The Kier molecular flexibility index (Phi) is 1.05. The van der Waals surface area contributed by atoms with Crippen molar-refractivity contribution in [2.75, 3.05) is 0 Å². The number of aryl methyl sites for hydroxylation is 2. The topological polar surface area (TPSA) is 21.7 Å². The molecule has 0 amide bonds. The maximum absolute atomic E-state index is 8.29. The van der Waals surface area contributed by atoms with Gasteiger partial charge in [-0.2, -0.15) is 4.68 Å². The zero-order valence-corrected chi connectivity index (χ0v) is 11.2. The summed E-state index contributed by atoms with van der Waals surface area (Å²) in [4.78, 5) is 4.20. The van der Waals surface area contributed by atoms with Gasteiger partial charge < -0.3 is 0 Å². The van der Waals surface area contributed by atoms with Crippen molar-refractivity contribution < 1.29 is 17.0 Å². The fraction of sp³-hybridized carbons (Fsp3) is 0.500. The number of aromatic nitrogens is 3. The molecule has 3 nitrogen and oxygen atoms in total. The first kappa shape index (κ1) is 5.78. The SMILES string of the molecule is [2H]C([2H])([2H])C1(C)c2nc[n+](C)n2-c2c(C)cccc2C1(C([2H])([2H])[2H])C([2H])([2H])[2H]. The fourth-order valence-electron chi connectivity index (χ4n) is 2.68. The molecule has 0 saturated heterocycles. The number of benzene rings is 1. The van der Waals surface area contributed by atoms with Gasteiger partial charge in [0, 0.05) is 17.8 Å². The molecule has 0 spiro atoms. The van der Waals surface area contributed by atoms with E-state index in [1.807, 2.05) is 0 Å². The minimum atomic E-state index is -3.15. The Morgan fingerprint density at radius 3 is 2.68 bits per heavy atom. The molecular formula is C16H22N3+. The first-order chi connectivity index (χ1) is 12.5. The van der Waals surface area contributed by atoms with Crippen molar-refractivity contribution in [2.45, 2.75) is 45.2 Å². The molecule has 1 aromatic carbocycles. The summed E-state index contributed by atoms with van der Waals surface area (Å²) in [6, 6.07) is 4.70. The molecular weight excluding hydrogens is 234 g/mol. The third kappa shape index (κ3) is 1.33. The van der Waals surface area contributed by atoms with E-state index in [2.05, 4.69) is 4.98 Å². The highest BCUT2D eigenvalue weighted by atomic mass is 15.4. The first-order valence-electron chi connectivity index (χ1n) is 10.6. The summed E-state index contributed by atoms with van der Waals surface area (Å²) in [5.74, 6) is -0.107. The lowest BCUT2D eigenvalue weighted by Gasteiger charge is -2.44. The van der Waals surface area contributed by atoms with Gasteiger partial charge in [0.15, 0.2) is 0 Å². The number of nitrogens with zero attached hydrogens (tertiary/aromatic N) is 3. The molecule has 2 heterocycles. The predicted octanol–water partition coefficient (Wildman–Crippen LogP) is 2.57. The van der Waals surface area contributed by atoms with Gasteiger partial charge in [0.25, 0.3) is 5.82 Å². The van der Waals surface area contributed by atoms with Crippen molar-refractivity contribution in [3.63, 3.8) is 0 Å². The van der Waals surface area contributed by atoms with Gasteiger partial charge in [-0.05, 0) is 36.8 Å². The minimum Gasteiger partial charge on any atom is -0.154 e. The van der Waals surface area contributed by atoms with Crippen molar-refractivity contribution in [2.24, 2.45) is 7.05 Å². The van der Waals surface area contributed by atoms with E-state index in [4.69, 9.17) is 12.3 Å². The highest BCUT2D eigenvalue weighted by Gasteiger charge is 2.51. The summed E-state index contributed by atoms with van der Waals surface area (Å²) in [5, 5.41) is 0. The van der Waals surface area contributed by atoms with Crippen LogP contribution in [0, 0.1) is 6.92 Å². The second-order valence-electron chi connectivity index (χ2n) is 5.30. The first-order valence-corrected chi connectivity index (χ1v) is 6.08. The average molecular weight is 265 g/mol. The maximum atomic E-state index is 8.29. The third-order valence-corrected chi connectivity index (χ3v) is 3.91. The van der Waals surface area contributed by atoms with Gasteiger partial charge in [-0.15, -0.1) is 4.68 Å². The molecule has 0 bridgehead atoms. The third-order valence-electron chi connectivity index (χ3n) is 3.91. The summed E-state index contributed by atoms with van der Waals surface area (Å²) in [6.07, 6.45) is 1.37. The average Bonchev–Trinajstić information content (AvgIpc) is 2.86. The van der Waals surface area contributed by atoms with E-state index in [1.165, 1.54) is 28.7 Å². The summed E-state index contributed by atoms with van der Waals surface area (Å²) in [5.41, 5.74) is -4.07. The predicted molar refractivity (Wildman–Crippen MR) is 75.5 cm³/mol. The van der Waals surface area contributed by atoms with Gasteiger partial charge in [-0.25, -0.2) is 0 Å². The van der Waals surface area contributed by atoms with E-state index in [-0.39, 0.29) is 11.4 Å². The Hall–Kier alpha value is -1.64. The van der Waals surface area contributed by atoms with Crippen LogP contribution in [0.3, 0.4) is 0 Å². The van der Waals surface area contributed by atoms with Crippen molar-refractivity contribution in [1.29, 1.82) is 0 Å². The van der Waals surface area contributed by atoms with E-state index in [0.29, 0.717) is 11.3 Å². The van der Waals surface area contributed by atoms with Crippen molar-refractivity contribution in [3.05, 3.63) is 41.5 Å². The van der Waals surface area contributed by atoms with Gasteiger partial charge in [-0.1, -0.05) is 31.9 Å². The molecule has 1 aromatic heterocycles. The monoisotopic (exact) mass is 265 g/mol. The molecule has 0 aliphatic carbocycles. The Morgan fingerprint density at radius 2 is 2.00 bits per heavy atom. The van der Waals surface area contributed by atoms with Crippen LogP contribution in [0.25, 0.3) is 5.69 Å². The van der Waals surface area contributed by atoms with Crippen LogP contribution in [0.5, 0.6) is 0 Å². The lowest BCUT2D eigenvalue weighted by molar-refractivity contribution is -0.746. The zero-order chi connectivity index (χ0) is 21.5. The van der Waals surface area contributed by atoms with Crippen LogP contribution in [0.15, 0.2) is 24.5 Å². The smallest absolute Gasteiger partial charge is 0.154 e. The second-order valence-corrected chi connectivity index (χ2v) is 5.30.